The summed E-state index contributed by atoms with van der Waals surface area (Å²) in [5.74, 6) is 0.907. The zero-order chi connectivity index (χ0) is 21.0. The highest BCUT2D eigenvalue weighted by Gasteiger charge is 2.18. The van der Waals surface area contributed by atoms with E-state index in [4.69, 9.17) is 28.1 Å². The number of methoxy groups -OCH3 is 4. The number of benzene rings is 2. The molecule has 0 amide bonds. The van der Waals surface area contributed by atoms with E-state index < -0.39 is 5.97 Å². The molecule has 0 atom stereocenters. The molecule has 3 aromatic rings. The summed E-state index contributed by atoms with van der Waals surface area (Å²) in [7, 11) is 5.86. The lowest BCUT2D eigenvalue weighted by Crippen LogP contribution is -2.09. The van der Waals surface area contributed by atoms with Gasteiger partial charge in [-0.25, -0.2) is 4.79 Å². The number of carbonyl (C=O) groups is 1. The molecule has 0 radical (unpaired) electrons. The Balaban J connectivity index is 2.16. The fourth-order valence-electron chi connectivity index (χ4n) is 2.86. The normalized spacial score (nSPS) is 10.6. The monoisotopic (exact) mass is 400 g/mol. The molecule has 3 rings (SSSR count). The highest BCUT2D eigenvalue weighted by Crippen LogP contribution is 2.34. The van der Waals surface area contributed by atoms with Crippen molar-refractivity contribution in [1.29, 1.82) is 0 Å². The van der Waals surface area contributed by atoms with Gasteiger partial charge in [0.2, 0.25) is 0 Å². The Kier molecular flexibility index (Phi) is 6.04. The summed E-state index contributed by atoms with van der Waals surface area (Å²) in [5, 5.41) is 0.222. The van der Waals surface area contributed by atoms with Gasteiger partial charge in [0.15, 0.2) is 23.7 Å². The average Bonchev–Trinajstić information content (AvgIpc) is 2.75. The van der Waals surface area contributed by atoms with E-state index in [1.54, 1.807) is 18.2 Å². The van der Waals surface area contributed by atoms with Crippen LogP contribution < -0.4 is 19.6 Å². The second kappa shape index (κ2) is 8.66. The minimum Gasteiger partial charge on any atom is -0.496 e. The number of esters is 1. The smallest absolute Gasteiger partial charge is 0.340 e. The van der Waals surface area contributed by atoms with Gasteiger partial charge in [-0.1, -0.05) is 0 Å². The van der Waals surface area contributed by atoms with Crippen LogP contribution in [0.1, 0.15) is 10.4 Å². The lowest BCUT2D eigenvalue weighted by molar-refractivity contribution is -0.0125. The highest BCUT2D eigenvalue weighted by atomic mass is 16.7. The van der Waals surface area contributed by atoms with Crippen LogP contribution in [0.25, 0.3) is 22.3 Å². The van der Waals surface area contributed by atoms with Gasteiger partial charge in [-0.3, -0.25) is 4.79 Å². The van der Waals surface area contributed by atoms with E-state index in [1.165, 1.54) is 46.6 Å². The SMILES string of the molecule is COCOC(=O)c1cc(OC)c2c(=O)cc(-c3ccc(OC)c(OC)c3)oc2c1. The van der Waals surface area contributed by atoms with Gasteiger partial charge in [0.1, 0.15) is 22.5 Å². The first-order valence-electron chi connectivity index (χ1n) is 8.56. The third kappa shape index (κ3) is 4.02. The molecule has 152 valence electrons. The van der Waals surface area contributed by atoms with E-state index in [1.807, 2.05) is 0 Å². The lowest BCUT2D eigenvalue weighted by atomic mass is 10.1. The second-order valence-electron chi connectivity index (χ2n) is 5.93. The van der Waals surface area contributed by atoms with Crippen LogP contribution in [0.5, 0.6) is 17.2 Å². The topological polar surface area (TPSA) is 93.4 Å². The molecule has 29 heavy (non-hydrogen) atoms. The van der Waals surface area contributed by atoms with Crippen LogP contribution in [0.3, 0.4) is 0 Å². The van der Waals surface area contributed by atoms with Crippen LogP contribution >= 0.6 is 0 Å². The molecular weight excluding hydrogens is 380 g/mol. The Morgan fingerprint density at radius 3 is 2.28 bits per heavy atom. The molecule has 0 fully saturated rings. The molecule has 0 saturated heterocycles. The molecule has 0 spiro atoms. The minimum atomic E-state index is -0.633. The molecule has 2 aromatic carbocycles. The second-order valence-corrected chi connectivity index (χ2v) is 5.93. The molecule has 0 N–H and O–H groups in total. The van der Waals surface area contributed by atoms with Crippen molar-refractivity contribution in [3.05, 3.63) is 52.2 Å². The van der Waals surface area contributed by atoms with E-state index in [-0.39, 0.29) is 34.5 Å². The molecule has 1 heterocycles. The molecule has 0 bridgehead atoms. The quantitative estimate of drug-likeness (QED) is 0.441. The summed E-state index contributed by atoms with van der Waals surface area (Å²) in [5.41, 5.74) is 0.641. The summed E-state index contributed by atoms with van der Waals surface area (Å²) >= 11 is 0. The van der Waals surface area contributed by atoms with Gasteiger partial charge in [0.25, 0.3) is 0 Å². The molecule has 0 saturated carbocycles. The van der Waals surface area contributed by atoms with Gasteiger partial charge in [0, 0.05) is 18.7 Å². The summed E-state index contributed by atoms with van der Waals surface area (Å²) < 4.78 is 31.4. The van der Waals surface area contributed by atoms with Crippen LogP contribution in [-0.2, 0) is 9.47 Å². The Hall–Kier alpha value is -3.52. The van der Waals surface area contributed by atoms with Crippen LogP contribution in [-0.4, -0.2) is 41.2 Å². The summed E-state index contributed by atoms with van der Waals surface area (Å²) in [6.45, 7) is -0.200. The number of ether oxygens (including phenoxy) is 5. The van der Waals surface area contributed by atoms with Gasteiger partial charge < -0.3 is 28.1 Å². The largest absolute Gasteiger partial charge is 0.496 e. The molecule has 0 aliphatic carbocycles. The predicted molar refractivity (Wildman–Crippen MR) is 105 cm³/mol. The van der Waals surface area contributed by atoms with Crippen molar-refractivity contribution in [2.75, 3.05) is 35.2 Å². The Labute approximate surface area is 166 Å². The van der Waals surface area contributed by atoms with E-state index in [9.17, 15) is 9.59 Å². The number of hydrogen-bond donors (Lipinski definition) is 0. The zero-order valence-corrected chi connectivity index (χ0v) is 16.4. The minimum absolute atomic E-state index is 0.166. The van der Waals surface area contributed by atoms with E-state index in [0.29, 0.717) is 22.8 Å². The van der Waals surface area contributed by atoms with Gasteiger partial charge in [0.05, 0.1) is 26.9 Å². The fourth-order valence-corrected chi connectivity index (χ4v) is 2.86. The van der Waals surface area contributed by atoms with Crippen molar-refractivity contribution in [3.63, 3.8) is 0 Å². The van der Waals surface area contributed by atoms with Crippen molar-refractivity contribution in [3.8, 4) is 28.6 Å². The summed E-state index contributed by atoms with van der Waals surface area (Å²) in [6.07, 6.45) is 0. The van der Waals surface area contributed by atoms with E-state index in [0.717, 1.165) is 0 Å². The maximum absolute atomic E-state index is 12.8. The van der Waals surface area contributed by atoms with Gasteiger partial charge >= 0.3 is 5.97 Å². The fraction of sp³-hybridized carbons (Fsp3) is 0.238. The number of rotatable bonds is 7. The first kappa shape index (κ1) is 20.2. The van der Waals surface area contributed by atoms with Crippen LogP contribution in [0, 0.1) is 0 Å². The summed E-state index contributed by atoms with van der Waals surface area (Å²) in [4.78, 5) is 25.0. The maximum Gasteiger partial charge on any atom is 0.340 e. The number of fused-ring (bicyclic) bond motifs is 1. The standard InChI is InChI=1S/C21H20O8/c1-24-11-28-21(23)13-8-18(27-4)20-14(22)10-16(29-19(20)9-13)12-5-6-15(25-2)17(7-12)26-3/h5-10H,11H2,1-4H3. The van der Waals surface area contributed by atoms with Crippen molar-refractivity contribution >= 4 is 16.9 Å². The first-order chi connectivity index (χ1) is 14.0. The lowest BCUT2D eigenvalue weighted by Gasteiger charge is -2.11. The van der Waals surface area contributed by atoms with Crippen molar-refractivity contribution in [2.45, 2.75) is 0 Å². The predicted octanol–water partition coefficient (Wildman–Crippen LogP) is 3.25. The van der Waals surface area contributed by atoms with E-state index >= 15 is 0 Å². The third-order valence-electron chi connectivity index (χ3n) is 4.23. The zero-order valence-electron chi connectivity index (χ0n) is 16.4. The van der Waals surface area contributed by atoms with Crippen molar-refractivity contribution in [2.24, 2.45) is 0 Å². The third-order valence-corrected chi connectivity index (χ3v) is 4.23. The molecule has 0 aliphatic heterocycles. The van der Waals surface area contributed by atoms with Crippen LogP contribution in [0.4, 0.5) is 0 Å². The Morgan fingerprint density at radius 1 is 0.897 bits per heavy atom. The van der Waals surface area contributed by atoms with Gasteiger partial charge in [-0.2, -0.15) is 0 Å². The number of carbonyl (C=O) groups excluding carboxylic acids is 1. The van der Waals surface area contributed by atoms with Gasteiger partial charge in [-0.15, -0.1) is 0 Å². The highest BCUT2D eigenvalue weighted by molar-refractivity contribution is 5.96. The molecule has 0 aliphatic rings. The Bertz CT molecular complexity index is 1100. The molecule has 0 unspecified atom stereocenters. The van der Waals surface area contributed by atoms with Crippen LogP contribution in [0.2, 0.25) is 0 Å². The average molecular weight is 400 g/mol. The molecular formula is C21H20O8. The summed E-state index contributed by atoms with van der Waals surface area (Å²) in [6, 6.07) is 9.34. The van der Waals surface area contributed by atoms with Crippen molar-refractivity contribution in [1.82, 2.24) is 0 Å². The number of hydrogen-bond acceptors (Lipinski definition) is 8. The molecule has 1 aromatic heterocycles. The Morgan fingerprint density at radius 2 is 1.62 bits per heavy atom. The van der Waals surface area contributed by atoms with Gasteiger partial charge in [-0.05, 0) is 30.3 Å². The van der Waals surface area contributed by atoms with Crippen molar-refractivity contribution < 1.29 is 32.9 Å². The molecule has 8 heteroatoms. The van der Waals surface area contributed by atoms with Crippen LogP contribution in [0.15, 0.2) is 45.6 Å². The first-order valence-corrected chi connectivity index (χ1v) is 8.56. The molecule has 8 nitrogen and oxygen atoms in total. The maximum atomic E-state index is 12.8. The van der Waals surface area contributed by atoms with E-state index in [2.05, 4.69) is 0 Å².